The van der Waals surface area contributed by atoms with Crippen LogP contribution in [0.1, 0.15) is 56.5 Å². The number of amides is 1. The van der Waals surface area contributed by atoms with Crippen molar-refractivity contribution in [3.8, 4) is 11.9 Å². The molecule has 3 heterocycles. The van der Waals surface area contributed by atoms with Gasteiger partial charge in [0.1, 0.15) is 12.2 Å². The number of halogens is 4. The maximum absolute atomic E-state index is 14.2. The average Bonchev–Trinajstić information content (AvgIpc) is 3.31. The van der Waals surface area contributed by atoms with Gasteiger partial charge in [-0.05, 0) is 40.2 Å². The second kappa shape index (κ2) is 12.0. The molecule has 0 fully saturated rings. The van der Waals surface area contributed by atoms with Crippen LogP contribution >= 0.6 is 0 Å². The summed E-state index contributed by atoms with van der Waals surface area (Å²) in [5, 5.41) is 29.0. The van der Waals surface area contributed by atoms with E-state index >= 15 is 0 Å². The fourth-order valence-corrected chi connectivity index (χ4v) is 3.41. The van der Waals surface area contributed by atoms with E-state index in [1.807, 2.05) is 6.07 Å². The summed E-state index contributed by atoms with van der Waals surface area (Å²) in [5.74, 6) is -1.54. The summed E-state index contributed by atoms with van der Waals surface area (Å²) in [6.45, 7) is 3.58. The standard InChI is InChI=1S/C26H29F4N7O4/c1-24(2,40)19(27)14-35-23(39)17-13-33-20(37-22-16(12-36-37)8-15(10-31)11-34-22)9-18(17)32-7-5-6-21(38)41-25(3,4)26(28,29)30/h8-9,11-13,19,40H,5-7,14H2,1-4H3,(H,32,33)(H,35,39)/t19-/m1/s1. The fraction of sp³-hybridized carbons (Fsp3) is 0.462. The van der Waals surface area contributed by atoms with Gasteiger partial charge in [-0.15, -0.1) is 0 Å². The lowest BCUT2D eigenvalue weighted by atomic mass is 10.0. The number of alkyl halides is 4. The van der Waals surface area contributed by atoms with E-state index in [-0.39, 0.29) is 36.5 Å². The van der Waals surface area contributed by atoms with Gasteiger partial charge in [-0.1, -0.05) is 0 Å². The summed E-state index contributed by atoms with van der Waals surface area (Å²) in [7, 11) is 0. The maximum Gasteiger partial charge on any atom is 0.427 e. The number of pyridine rings is 2. The number of carbonyl (C=O) groups excluding carboxylic acids is 2. The highest BCUT2D eigenvalue weighted by molar-refractivity contribution is 5.99. The van der Waals surface area contributed by atoms with Crippen LogP contribution in [0.2, 0.25) is 0 Å². The zero-order valence-corrected chi connectivity index (χ0v) is 22.7. The van der Waals surface area contributed by atoms with Crippen molar-refractivity contribution >= 4 is 28.6 Å². The minimum absolute atomic E-state index is 0.00587. The summed E-state index contributed by atoms with van der Waals surface area (Å²) in [6, 6.07) is 5.02. The molecule has 3 aromatic heterocycles. The number of nitriles is 1. The molecule has 0 aliphatic carbocycles. The molecular weight excluding hydrogens is 550 g/mol. The Morgan fingerprint density at radius 2 is 1.85 bits per heavy atom. The zero-order valence-electron chi connectivity index (χ0n) is 22.7. The van der Waals surface area contributed by atoms with Gasteiger partial charge >= 0.3 is 12.1 Å². The first-order valence-corrected chi connectivity index (χ1v) is 12.4. The molecule has 0 aromatic carbocycles. The van der Waals surface area contributed by atoms with Gasteiger partial charge in [0.15, 0.2) is 11.5 Å². The summed E-state index contributed by atoms with van der Waals surface area (Å²) in [4.78, 5) is 33.4. The van der Waals surface area contributed by atoms with Crippen molar-refractivity contribution in [2.45, 2.75) is 64.1 Å². The molecule has 0 saturated carbocycles. The molecular formula is C26H29F4N7O4. The van der Waals surface area contributed by atoms with Crippen LogP contribution in [-0.2, 0) is 9.53 Å². The van der Waals surface area contributed by atoms with E-state index < -0.39 is 42.0 Å². The van der Waals surface area contributed by atoms with Gasteiger partial charge in [0.2, 0.25) is 5.60 Å². The number of nitrogens with zero attached hydrogens (tertiary/aromatic N) is 5. The van der Waals surface area contributed by atoms with Gasteiger partial charge in [0.05, 0.1) is 35.2 Å². The minimum atomic E-state index is -4.73. The highest BCUT2D eigenvalue weighted by Gasteiger charge is 2.50. The Morgan fingerprint density at radius 3 is 2.49 bits per heavy atom. The summed E-state index contributed by atoms with van der Waals surface area (Å²) < 4.78 is 59.1. The number of nitrogens with one attached hydrogen (secondary N) is 2. The third-order valence-electron chi connectivity index (χ3n) is 6.02. The lowest BCUT2D eigenvalue weighted by Crippen LogP contribution is -2.43. The van der Waals surface area contributed by atoms with Crippen LogP contribution in [0.15, 0.2) is 30.7 Å². The molecule has 3 N–H and O–H groups in total. The number of aliphatic hydroxyl groups is 1. The molecule has 0 spiro atoms. The highest BCUT2D eigenvalue weighted by atomic mass is 19.4. The van der Waals surface area contributed by atoms with Gasteiger partial charge in [0, 0.05) is 36.8 Å². The number of rotatable bonds is 11. The lowest BCUT2D eigenvalue weighted by molar-refractivity contribution is -0.257. The Kier molecular flexibility index (Phi) is 9.17. The van der Waals surface area contributed by atoms with E-state index in [0.717, 1.165) is 13.8 Å². The normalized spacial score (nSPS) is 13.0. The predicted molar refractivity (Wildman–Crippen MR) is 139 cm³/mol. The summed E-state index contributed by atoms with van der Waals surface area (Å²) >= 11 is 0. The van der Waals surface area contributed by atoms with Crippen molar-refractivity contribution in [2.75, 3.05) is 18.4 Å². The fourth-order valence-electron chi connectivity index (χ4n) is 3.41. The molecule has 220 valence electrons. The quantitative estimate of drug-likeness (QED) is 0.176. The average molecular weight is 580 g/mol. The van der Waals surface area contributed by atoms with E-state index in [1.165, 1.54) is 43.2 Å². The SMILES string of the molecule is CC(C)(O)[C@H](F)CNC(=O)c1cnc(-n2ncc3cc(C#N)cnc32)cc1NCCCC(=O)OC(C)(C)C(F)(F)F. The third-order valence-corrected chi connectivity index (χ3v) is 6.02. The van der Waals surface area contributed by atoms with E-state index in [2.05, 4.69) is 30.4 Å². The number of hydrogen-bond acceptors (Lipinski definition) is 9. The van der Waals surface area contributed by atoms with Crippen LogP contribution in [-0.4, -0.2) is 73.4 Å². The highest BCUT2D eigenvalue weighted by Crippen LogP contribution is 2.33. The van der Waals surface area contributed by atoms with Gasteiger partial charge in [-0.25, -0.2) is 14.4 Å². The molecule has 41 heavy (non-hydrogen) atoms. The van der Waals surface area contributed by atoms with Crippen LogP contribution < -0.4 is 10.6 Å². The topological polar surface area (TPSA) is 155 Å². The number of fused-ring (bicyclic) bond motifs is 1. The molecule has 0 radical (unpaired) electrons. The van der Waals surface area contributed by atoms with Crippen LogP contribution in [0.3, 0.4) is 0 Å². The second-order valence-electron chi connectivity index (χ2n) is 10.2. The van der Waals surface area contributed by atoms with Gasteiger partial charge in [0.25, 0.3) is 5.91 Å². The molecule has 0 aliphatic heterocycles. The Bertz CT molecular complexity index is 1460. The Labute approximate surface area is 232 Å². The number of ether oxygens (including phenoxy) is 1. The van der Waals surface area contributed by atoms with E-state index in [9.17, 15) is 32.3 Å². The van der Waals surface area contributed by atoms with Crippen molar-refractivity contribution in [1.82, 2.24) is 25.1 Å². The lowest BCUT2D eigenvalue weighted by Gasteiger charge is -2.27. The first-order chi connectivity index (χ1) is 19.0. The molecule has 0 unspecified atom stereocenters. The molecule has 11 nitrogen and oxygen atoms in total. The maximum atomic E-state index is 14.2. The number of carbonyl (C=O) groups is 2. The number of hydrogen-bond donors (Lipinski definition) is 3. The smallest absolute Gasteiger partial charge is 0.427 e. The van der Waals surface area contributed by atoms with E-state index in [1.54, 1.807) is 6.07 Å². The Balaban J connectivity index is 1.81. The van der Waals surface area contributed by atoms with Crippen molar-refractivity contribution in [3.05, 3.63) is 41.9 Å². The Hall–Kier alpha value is -4.32. The van der Waals surface area contributed by atoms with Gasteiger partial charge in [-0.3, -0.25) is 9.59 Å². The van der Waals surface area contributed by atoms with Crippen molar-refractivity contribution in [3.63, 3.8) is 0 Å². The van der Waals surface area contributed by atoms with Crippen LogP contribution in [0.25, 0.3) is 16.9 Å². The molecule has 1 amide bonds. The van der Waals surface area contributed by atoms with Crippen molar-refractivity contribution < 1.29 is 37.0 Å². The van der Waals surface area contributed by atoms with Crippen LogP contribution in [0.5, 0.6) is 0 Å². The molecule has 3 rings (SSSR count). The summed E-state index contributed by atoms with van der Waals surface area (Å²) in [5.41, 5.74) is -3.44. The largest absolute Gasteiger partial charge is 0.450 e. The third kappa shape index (κ3) is 7.66. The van der Waals surface area contributed by atoms with E-state index in [0.29, 0.717) is 16.6 Å². The monoisotopic (exact) mass is 579 g/mol. The molecule has 15 heteroatoms. The first-order valence-electron chi connectivity index (χ1n) is 12.4. The zero-order chi connectivity index (χ0) is 30.6. The number of anilines is 1. The van der Waals surface area contributed by atoms with Crippen LogP contribution in [0.4, 0.5) is 23.2 Å². The Morgan fingerprint density at radius 1 is 1.15 bits per heavy atom. The van der Waals surface area contributed by atoms with Crippen molar-refractivity contribution in [2.24, 2.45) is 0 Å². The van der Waals surface area contributed by atoms with Gasteiger partial charge in [-0.2, -0.15) is 28.2 Å². The predicted octanol–water partition coefficient (Wildman–Crippen LogP) is 3.60. The number of esters is 1. The van der Waals surface area contributed by atoms with E-state index in [4.69, 9.17) is 5.26 Å². The van der Waals surface area contributed by atoms with Crippen LogP contribution in [0, 0.1) is 11.3 Å². The molecule has 1 atom stereocenters. The minimum Gasteiger partial charge on any atom is -0.450 e. The summed E-state index contributed by atoms with van der Waals surface area (Å²) in [6.07, 6.45) is -2.73. The molecule has 0 aliphatic rings. The second-order valence-corrected chi connectivity index (χ2v) is 10.2. The van der Waals surface area contributed by atoms with Gasteiger partial charge < -0.3 is 20.5 Å². The molecule has 3 aromatic rings. The molecule has 0 saturated heterocycles. The first kappa shape index (κ1) is 31.2. The molecule has 0 bridgehead atoms. The van der Waals surface area contributed by atoms with Crippen molar-refractivity contribution in [1.29, 1.82) is 5.26 Å². The number of aromatic nitrogens is 4.